The number of hydrogen-bond donors (Lipinski definition) is 1. The fraction of sp³-hybridized carbons (Fsp3) is 0.619. The van der Waals surface area contributed by atoms with Gasteiger partial charge in [-0.25, -0.2) is 0 Å². The number of halogens is 1. The van der Waals surface area contributed by atoms with Crippen molar-refractivity contribution in [3.63, 3.8) is 0 Å². The fourth-order valence-corrected chi connectivity index (χ4v) is 4.11. The molecule has 2 amide bonds. The molecular formula is C21H32ClN3O3. The van der Waals surface area contributed by atoms with E-state index in [1.807, 2.05) is 40.1 Å². The molecule has 3 rings (SSSR count). The topological polar surface area (TPSA) is 75.9 Å². The van der Waals surface area contributed by atoms with E-state index in [-0.39, 0.29) is 36.2 Å². The molecule has 7 heteroatoms. The largest absolute Gasteiger partial charge is 0.493 e. The third-order valence-corrected chi connectivity index (χ3v) is 5.63. The van der Waals surface area contributed by atoms with E-state index in [1.165, 1.54) is 0 Å². The number of piperidine rings is 2. The summed E-state index contributed by atoms with van der Waals surface area (Å²) >= 11 is 0. The molecule has 6 nitrogen and oxygen atoms in total. The maximum absolute atomic E-state index is 13.0. The number of nitrogens with zero attached hydrogens (tertiary/aromatic N) is 2. The van der Waals surface area contributed by atoms with E-state index in [9.17, 15) is 9.59 Å². The normalized spacial score (nSPS) is 22.3. The Morgan fingerprint density at radius 3 is 2.61 bits per heavy atom. The van der Waals surface area contributed by atoms with Crippen LogP contribution >= 0.6 is 12.4 Å². The van der Waals surface area contributed by atoms with Gasteiger partial charge in [-0.2, -0.15) is 0 Å². The quantitative estimate of drug-likeness (QED) is 0.783. The average Bonchev–Trinajstić information content (AvgIpc) is 2.74. The number of hydrogen-bond acceptors (Lipinski definition) is 4. The lowest BCUT2D eigenvalue weighted by Crippen LogP contribution is -2.53. The minimum atomic E-state index is -0.0927. The molecule has 0 saturated carbocycles. The summed E-state index contributed by atoms with van der Waals surface area (Å²) < 4.78 is 5.63. The third-order valence-electron chi connectivity index (χ3n) is 5.63. The molecule has 2 unspecified atom stereocenters. The van der Waals surface area contributed by atoms with E-state index in [1.54, 1.807) is 0 Å². The molecule has 0 aromatic heterocycles. The first kappa shape index (κ1) is 22.5. The molecule has 0 bridgehead atoms. The number of carbonyl (C=O) groups excluding carboxylic acids is 2. The van der Waals surface area contributed by atoms with Crippen LogP contribution in [0.25, 0.3) is 0 Å². The summed E-state index contributed by atoms with van der Waals surface area (Å²) in [4.78, 5) is 29.4. The van der Waals surface area contributed by atoms with E-state index >= 15 is 0 Å². The predicted molar refractivity (Wildman–Crippen MR) is 112 cm³/mol. The Labute approximate surface area is 173 Å². The van der Waals surface area contributed by atoms with Crippen LogP contribution in [0, 0.1) is 5.92 Å². The molecule has 1 aromatic carbocycles. The standard InChI is InChI=1S/C21H31N3O3.ClH/c22-15-18-8-4-5-13-24(18)21(26)17-7-6-12-23(16-17)20(25)11-14-27-19-9-2-1-3-10-19;/h1-3,9-10,17-18H,4-8,11-16,22H2;1H. The summed E-state index contributed by atoms with van der Waals surface area (Å²) in [5, 5.41) is 0. The summed E-state index contributed by atoms with van der Waals surface area (Å²) in [6.45, 7) is 2.94. The lowest BCUT2D eigenvalue weighted by Gasteiger charge is -2.40. The zero-order valence-electron chi connectivity index (χ0n) is 16.4. The first-order chi connectivity index (χ1) is 13.2. The van der Waals surface area contributed by atoms with Crippen molar-refractivity contribution in [3.05, 3.63) is 30.3 Å². The highest BCUT2D eigenvalue weighted by Gasteiger charge is 2.34. The molecule has 2 heterocycles. The molecule has 2 aliphatic rings. The Morgan fingerprint density at radius 2 is 1.86 bits per heavy atom. The van der Waals surface area contributed by atoms with Crippen molar-refractivity contribution in [1.82, 2.24) is 9.80 Å². The van der Waals surface area contributed by atoms with Crippen LogP contribution in [-0.4, -0.2) is 60.4 Å². The summed E-state index contributed by atoms with van der Waals surface area (Å²) in [6.07, 6.45) is 5.26. The molecule has 2 N–H and O–H groups in total. The molecule has 156 valence electrons. The van der Waals surface area contributed by atoms with Crippen LogP contribution < -0.4 is 10.5 Å². The van der Waals surface area contributed by atoms with Gasteiger partial charge in [0.05, 0.1) is 18.9 Å². The van der Waals surface area contributed by atoms with Crippen LogP contribution in [0.3, 0.4) is 0 Å². The number of ether oxygens (including phenoxy) is 1. The molecule has 2 fully saturated rings. The molecule has 2 aliphatic heterocycles. The van der Waals surface area contributed by atoms with Gasteiger partial charge in [-0.05, 0) is 44.2 Å². The van der Waals surface area contributed by atoms with Gasteiger partial charge in [-0.1, -0.05) is 18.2 Å². The molecule has 28 heavy (non-hydrogen) atoms. The number of carbonyl (C=O) groups is 2. The van der Waals surface area contributed by atoms with Gasteiger partial charge in [0.25, 0.3) is 0 Å². The maximum atomic E-state index is 13.0. The van der Waals surface area contributed by atoms with Crippen molar-refractivity contribution in [1.29, 1.82) is 0 Å². The van der Waals surface area contributed by atoms with Crippen molar-refractivity contribution < 1.29 is 14.3 Å². The Bertz CT molecular complexity index is 629. The van der Waals surface area contributed by atoms with Gasteiger partial charge in [0, 0.05) is 32.2 Å². The lowest BCUT2D eigenvalue weighted by atomic mass is 9.93. The van der Waals surface area contributed by atoms with Crippen LogP contribution in [-0.2, 0) is 9.59 Å². The summed E-state index contributed by atoms with van der Waals surface area (Å²) in [6, 6.07) is 9.68. The third kappa shape index (κ3) is 5.85. The highest BCUT2D eigenvalue weighted by atomic mass is 35.5. The van der Waals surface area contributed by atoms with E-state index in [2.05, 4.69) is 0 Å². The van der Waals surface area contributed by atoms with E-state index in [0.29, 0.717) is 26.1 Å². The smallest absolute Gasteiger partial charge is 0.227 e. The zero-order valence-corrected chi connectivity index (χ0v) is 17.2. The van der Waals surface area contributed by atoms with E-state index in [0.717, 1.165) is 50.9 Å². The number of likely N-dealkylation sites (tertiary alicyclic amines) is 2. The van der Waals surface area contributed by atoms with E-state index in [4.69, 9.17) is 10.5 Å². The first-order valence-corrected chi connectivity index (χ1v) is 10.1. The monoisotopic (exact) mass is 409 g/mol. The second-order valence-electron chi connectivity index (χ2n) is 7.51. The Hall–Kier alpha value is -1.79. The summed E-state index contributed by atoms with van der Waals surface area (Å²) in [5.41, 5.74) is 5.87. The van der Waals surface area contributed by atoms with Gasteiger partial charge < -0.3 is 20.3 Å². The number of amides is 2. The Morgan fingerprint density at radius 1 is 1.07 bits per heavy atom. The molecular weight excluding hydrogens is 378 g/mol. The SMILES string of the molecule is Cl.NCC1CCCCN1C(=O)C1CCCN(C(=O)CCOc2ccccc2)C1. The van der Waals surface area contributed by atoms with Crippen molar-refractivity contribution in [2.24, 2.45) is 11.7 Å². The summed E-state index contributed by atoms with van der Waals surface area (Å²) in [7, 11) is 0. The van der Waals surface area contributed by atoms with E-state index < -0.39 is 0 Å². The molecule has 2 saturated heterocycles. The van der Waals surface area contributed by atoms with Crippen molar-refractivity contribution >= 4 is 24.2 Å². The Kier molecular flexibility index (Phi) is 9.06. The lowest BCUT2D eigenvalue weighted by molar-refractivity contribution is -0.143. The highest BCUT2D eigenvalue weighted by molar-refractivity contribution is 5.85. The van der Waals surface area contributed by atoms with Crippen molar-refractivity contribution in [2.75, 3.05) is 32.8 Å². The number of para-hydroxylation sites is 1. The fourth-order valence-electron chi connectivity index (χ4n) is 4.11. The van der Waals surface area contributed by atoms with Crippen LogP contribution in [0.1, 0.15) is 38.5 Å². The van der Waals surface area contributed by atoms with Crippen molar-refractivity contribution in [2.45, 2.75) is 44.6 Å². The number of rotatable bonds is 6. The zero-order chi connectivity index (χ0) is 19.1. The van der Waals surface area contributed by atoms with Gasteiger partial charge in [-0.15, -0.1) is 12.4 Å². The summed E-state index contributed by atoms with van der Waals surface area (Å²) in [5.74, 6) is 0.931. The number of nitrogens with two attached hydrogens (primary N) is 1. The van der Waals surface area contributed by atoms with Crippen LogP contribution in [0.15, 0.2) is 30.3 Å². The average molecular weight is 410 g/mol. The van der Waals surface area contributed by atoms with Gasteiger partial charge in [0.2, 0.25) is 11.8 Å². The van der Waals surface area contributed by atoms with Crippen molar-refractivity contribution in [3.8, 4) is 5.75 Å². The highest BCUT2D eigenvalue weighted by Crippen LogP contribution is 2.24. The van der Waals surface area contributed by atoms with Gasteiger partial charge >= 0.3 is 0 Å². The predicted octanol–water partition coefficient (Wildman–Crippen LogP) is 2.46. The second kappa shape index (κ2) is 11.3. The van der Waals surface area contributed by atoms with Gasteiger partial charge in [0.1, 0.15) is 5.75 Å². The minimum Gasteiger partial charge on any atom is -0.493 e. The molecule has 1 aromatic rings. The Balaban J connectivity index is 0.00000280. The second-order valence-corrected chi connectivity index (χ2v) is 7.51. The van der Waals surface area contributed by atoms with Crippen LogP contribution in [0.4, 0.5) is 0 Å². The molecule has 0 aliphatic carbocycles. The molecule has 0 radical (unpaired) electrons. The van der Waals surface area contributed by atoms with Gasteiger partial charge in [-0.3, -0.25) is 9.59 Å². The van der Waals surface area contributed by atoms with Crippen LogP contribution in [0.2, 0.25) is 0 Å². The number of benzene rings is 1. The maximum Gasteiger partial charge on any atom is 0.227 e. The first-order valence-electron chi connectivity index (χ1n) is 10.1. The minimum absolute atomic E-state index is 0. The van der Waals surface area contributed by atoms with Crippen LogP contribution in [0.5, 0.6) is 5.75 Å². The van der Waals surface area contributed by atoms with Gasteiger partial charge in [0.15, 0.2) is 0 Å². The molecule has 2 atom stereocenters. The molecule has 0 spiro atoms.